The second kappa shape index (κ2) is 7.30. The molecule has 0 radical (unpaired) electrons. The highest BCUT2D eigenvalue weighted by Crippen LogP contribution is 2.25. The van der Waals surface area contributed by atoms with E-state index in [0.717, 1.165) is 46.5 Å². The number of anilines is 1. The van der Waals surface area contributed by atoms with Gasteiger partial charge >= 0.3 is 0 Å². The highest BCUT2D eigenvalue weighted by molar-refractivity contribution is 5.88. The van der Waals surface area contributed by atoms with Crippen molar-refractivity contribution in [3.63, 3.8) is 0 Å². The Labute approximate surface area is 154 Å². The molecule has 1 atom stereocenters. The van der Waals surface area contributed by atoms with E-state index in [4.69, 9.17) is 0 Å². The van der Waals surface area contributed by atoms with E-state index in [1.165, 1.54) is 19.3 Å². The molecule has 3 aromatic rings. The molecule has 1 unspecified atom stereocenters. The predicted octanol–water partition coefficient (Wildman–Crippen LogP) is 4.42. The number of H-pyrrole nitrogens is 1. The molecular weight excluding hydrogens is 322 g/mol. The maximum atomic E-state index is 4.54. The van der Waals surface area contributed by atoms with Crippen molar-refractivity contribution >= 4 is 16.6 Å². The zero-order valence-corrected chi connectivity index (χ0v) is 15.2. The number of fused-ring (bicyclic) bond motifs is 1. The van der Waals surface area contributed by atoms with Gasteiger partial charge in [0.05, 0.1) is 6.20 Å². The highest BCUT2D eigenvalue weighted by atomic mass is 15.2. The number of benzene rings is 1. The summed E-state index contributed by atoms with van der Waals surface area (Å²) in [5.41, 5.74) is 3.22. The Balaban J connectivity index is 1.50. The van der Waals surface area contributed by atoms with Gasteiger partial charge in [0.1, 0.15) is 5.82 Å². The molecule has 1 fully saturated rings. The minimum Gasteiger partial charge on any atom is -0.343 e. The van der Waals surface area contributed by atoms with Crippen LogP contribution in [0.3, 0.4) is 0 Å². The summed E-state index contributed by atoms with van der Waals surface area (Å²) in [6, 6.07) is 9.08. The fourth-order valence-electron chi connectivity index (χ4n) is 3.66. The number of rotatable bonds is 5. The van der Waals surface area contributed by atoms with Crippen molar-refractivity contribution in [2.75, 3.05) is 18.4 Å². The first-order valence-electron chi connectivity index (χ1n) is 9.27. The molecule has 3 heterocycles. The van der Waals surface area contributed by atoms with E-state index in [9.17, 15) is 0 Å². The van der Waals surface area contributed by atoms with E-state index in [1.54, 1.807) is 0 Å². The Bertz CT molecular complexity index is 900. The Morgan fingerprint density at radius 1 is 1.23 bits per heavy atom. The second-order valence-electron chi connectivity index (χ2n) is 7.16. The molecule has 1 saturated heterocycles. The first-order chi connectivity index (χ1) is 12.7. The topological polar surface area (TPSA) is 56.8 Å². The summed E-state index contributed by atoms with van der Waals surface area (Å²) in [5, 5.41) is 12.6. The van der Waals surface area contributed by atoms with Crippen molar-refractivity contribution in [1.82, 2.24) is 20.1 Å². The molecule has 1 aliphatic heterocycles. The zero-order chi connectivity index (χ0) is 17.9. The van der Waals surface area contributed by atoms with Crippen molar-refractivity contribution < 1.29 is 0 Å². The van der Waals surface area contributed by atoms with Gasteiger partial charge in [-0.15, -0.1) is 0 Å². The van der Waals surface area contributed by atoms with Crippen LogP contribution >= 0.6 is 0 Å². The van der Waals surface area contributed by atoms with Gasteiger partial charge in [-0.3, -0.25) is 10.00 Å². The van der Waals surface area contributed by atoms with E-state index in [1.807, 2.05) is 18.6 Å². The van der Waals surface area contributed by atoms with Gasteiger partial charge in [-0.05, 0) is 49.4 Å². The molecule has 0 amide bonds. The van der Waals surface area contributed by atoms with Gasteiger partial charge in [0, 0.05) is 41.6 Å². The van der Waals surface area contributed by atoms with E-state index in [0.29, 0.717) is 6.04 Å². The normalized spacial score (nSPS) is 18.1. The maximum Gasteiger partial charge on any atom is 0.130 e. The number of nitrogens with zero attached hydrogens (tertiary/aromatic N) is 3. The summed E-state index contributed by atoms with van der Waals surface area (Å²) in [5.74, 6) is 0.844. The molecule has 2 N–H and O–H groups in total. The molecule has 1 aromatic carbocycles. The number of piperidine rings is 1. The standard InChI is InChI=1S/C21H25N5/c1-15(14-26-8-4-3-5-16(26)2)25-21-10-19-9-17(20-12-23-24-13-20)6-7-18(19)11-22-21/h6-7,9-13,16H,1,3-5,8,14H2,2H3,(H,22,25)(H,23,24). The summed E-state index contributed by atoms with van der Waals surface area (Å²) in [4.78, 5) is 7.04. The van der Waals surface area contributed by atoms with Gasteiger partial charge in [-0.1, -0.05) is 25.1 Å². The lowest BCUT2D eigenvalue weighted by atomic mass is 10.0. The molecule has 4 rings (SSSR count). The van der Waals surface area contributed by atoms with Gasteiger partial charge in [0.2, 0.25) is 0 Å². The van der Waals surface area contributed by atoms with Crippen molar-refractivity contribution in [3.8, 4) is 11.1 Å². The monoisotopic (exact) mass is 347 g/mol. The Morgan fingerprint density at radius 2 is 2.15 bits per heavy atom. The summed E-state index contributed by atoms with van der Waals surface area (Å²) >= 11 is 0. The summed E-state index contributed by atoms with van der Waals surface area (Å²) in [6.45, 7) is 8.54. The minimum atomic E-state index is 0.629. The fourth-order valence-corrected chi connectivity index (χ4v) is 3.66. The molecule has 0 spiro atoms. The summed E-state index contributed by atoms with van der Waals surface area (Å²) in [6.07, 6.45) is 9.55. The number of aromatic amines is 1. The van der Waals surface area contributed by atoms with Crippen LogP contribution in [-0.4, -0.2) is 39.2 Å². The average molecular weight is 347 g/mol. The third kappa shape index (κ3) is 3.63. The maximum absolute atomic E-state index is 4.54. The van der Waals surface area contributed by atoms with E-state index >= 15 is 0 Å². The van der Waals surface area contributed by atoms with Crippen LogP contribution in [0.2, 0.25) is 0 Å². The summed E-state index contributed by atoms with van der Waals surface area (Å²) < 4.78 is 0. The molecule has 5 heteroatoms. The molecule has 2 aromatic heterocycles. The van der Waals surface area contributed by atoms with Crippen LogP contribution in [0.25, 0.3) is 21.9 Å². The fraction of sp³-hybridized carbons (Fsp3) is 0.333. The summed E-state index contributed by atoms with van der Waals surface area (Å²) in [7, 11) is 0. The van der Waals surface area contributed by atoms with Crippen LogP contribution in [0.1, 0.15) is 26.2 Å². The van der Waals surface area contributed by atoms with E-state index in [2.05, 4.69) is 63.2 Å². The van der Waals surface area contributed by atoms with Crippen LogP contribution in [0.4, 0.5) is 5.82 Å². The smallest absolute Gasteiger partial charge is 0.130 e. The SMILES string of the molecule is C=C(CN1CCCCC1C)Nc1cc2cc(-c3cn[nH]c3)ccc2cn1. The molecule has 5 nitrogen and oxygen atoms in total. The number of hydrogen-bond acceptors (Lipinski definition) is 4. The first kappa shape index (κ1) is 16.8. The molecule has 0 saturated carbocycles. The van der Waals surface area contributed by atoms with Crippen LogP contribution in [0.5, 0.6) is 0 Å². The Morgan fingerprint density at radius 3 is 2.96 bits per heavy atom. The van der Waals surface area contributed by atoms with Gasteiger partial charge in [0.25, 0.3) is 0 Å². The zero-order valence-electron chi connectivity index (χ0n) is 15.2. The number of likely N-dealkylation sites (tertiary alicyclic amines) is 1. The van der Waals surface area contributed by atoms with Gasteiger partial charge in [0.15, 0.2) is 0 Å². The molecule has 26 heavy (non-hydrogen) atoms. The number of hydrogen-bond donors (Lipinski definition) is 2. The third-order valence-electron chi connectivity index (χ3n) is 5.19. The Hall–Kier alpha value is -2.66. The second-order valence-corrected chi connectivity index (χ2v) is 7.16. The molecule has 0 aliphatic carbocycles. The lowest BCUT2D eigenvalue weighted by Gasteiger charge is -2.33. The average Bonchev–Trinajstić information content (AvgIpc) is 3.18. The third-order valence-corrected chi connectivity index (χ3v) is 5.19. The first-order valence-corrected chi connectivity index (χ1v) is 9.27. The van der Waals surface area contributed by atoms with Crippen molar-refractivity contribution in [3.05, 3.63) is 55.1 Å². The molecule has 0 bridgehead atoms. The lowest BCUT2D eigenvalue weighted by Crippen LogP contribution is -2.39. The predicted molar refractivity (Wildman–Crippen MR) is 107 cm³/mol. The number of nitrogens with one attached hydrogen (secondary N) is 2. The van der Waals surface area contributed by atoms with Crippen LogP contribution in [0.15, 0.2) is 55.1 Å². The van der Waals surface area contributed by atoms with Crippen LogP contribution in [0, 0.1) is 0 Å². The van der Waals surface area contributed by atoms with E-state index in [-0.39, 0.29) is 0 Å². The van der Waals surface area contributed by atoms with E-state index < -0.39 is 0 Å². The lowest BCUT2D eigenvalue weighted by molar-refractivity contribution is 0.175. The number of aromatic nitrogens is 3. The Kier molecular flexibility index (Phi) is 4.71. The van der Waals surface area contributed by atoms with Crippen LogP contribution in [-0.2, 0) is 0 Å². The quantitative estimate of drug-likeness (QED) is 0.717. The molecule has 1 aliphatic rings. The van der Waals surface area contributed by atoms with Crippen molar-refractivity contribution in [2.24, 2.45) is 0 Å². The minimum absolute atomic E-state index is 0.629. The molecule has 134 valence electrons. The largest absolute Gasteiger partial charge is 0.343 e. The van der Waals surface area contributed by atoms with Gasteiger partial charge in [-0.2, -0.15) is 5.10 Å². The number of pyridine rings is 1. The molecular formula is C21H25N5. The van der Waals surface area contributed by atoms with Crippen molar-refractivity contribution in [1.29, 1.82) is 0 Å². The van der Waals surface area contributed by atoms with Crippen molar-refractivity contribution in [2.45, 2.75) is 32.2 Å². The van der Waals surface area contributed by atoms with Gasteiger partial charge in [-0.25, -0.2) is 4.98 Å². The highest BCUT2D eigenvalue weighted by Gasteiger charge is 2.18. The van der Waals surface area contributed by atoms with Gasteiger partial charge < -0.3 is 5.32 Å². The van der Waals surface area contributed by atoms with Crippen LogP contribution < -0.4 is 5.32 Å².